The van der Waals surface area contributed by atoms with Gasteiger partial charge in [0.05, 0.1) is 12.6 Å². The average molecular weight is 340 g/mol. The first kappa shape index (κ1) is 17.5. The Labute approximate surface area is 135 Å². The molecule has 0 aliphatic rings. The molecule has 0 fully saturated rings. The molecule has 1 aromatic heterocycles. The number of aliphatic imine (C=N–C) groups is 1. The molecule has 128 valence electrons. The summed E-state index contributed by atoms with van der Waals surface area (Å²) in [4.78, 5) is 7.82. The molecule has 1 heterocycles. The molecule has 1 atom stereocenters. The number of anilines is 1. The SMILES string of the molecule is NC(=NCC(O)c1ccncc1)Nc1ccc(OC(F)(F)F)cc1. The zero-order valence-electron chi connectivity index (χ0n) is 12.4. The minimum atomic E-state index is -4.74. The Kier molecular flexibility index (Phi) is 5.59. The van der Waals surface area contributed by atoms with E-state index in [-0.39, 0.29) is 18.3 Å². The number of hydrogen-bond donors (Lipinski definition) is 3. The second kappa shape index (κ2) is 7.64. The van der Waals surface area contributed by atoms with E-state index in [4.69, 9.17) is 5.73 Å². The molecule has 0 saturated heterocycles. The van der Waals surface area contributed by atoms with E-state index in [9.17, 15) is 18.3 Å². The molecule has 4 N–H and O–H groups in total. The smallest absolute Gasteiger partial charge is 0.406 e. The third kappa shape index (κ3) is 5.76. The Hall–Kier alpha value is -2.81. The summed E-state index contributed by atoms with van der Waals surface area (Å²) >= 11 is 0. The average Bonchev–Trinajstić information content (AvgIpc) is 2.54. The molecule has 0 saturated carbocycles. The lowest BCUT2D eigenvalue weighted by Gasteiger charge is -2.11. The third-order valence-corrected chi connectivity index (χ3v) is 2.89. The van der Waals surface area contributed by atoms with Crippen LogP contribution in [0.4, 0.5) is 18.9 Å². The molecule has 6 nitrogen and oxygen atoms in total. The van der Waals surface area contributed by atoms with Gasteiger partial charge in [0.15, 0.2) is 5.96 Å². The van der Waals surface area contributed by atoms with Gasteiger partial charge in [-0.3, -0.25) is 9.98 Å². The van der Waals surface area contributed by atoms with Crippen molar-refractivity contribution >= 4 is 11.6 Å². The highest BCUT2D eigenvalue weighted by Crippen LogP contribution is 2.23. The van der Waals surface area contributed by atoms with Crippen molar-refractivity contribution in [2.24, 2.45) is 10.7 Å². The summed E-state index contributed by atoms with van der Waals surface area (Å²) in [5, 5.41) is 12.6. The van der Waals surface area contributed by atoms with Gasteiger partial charge in [0, 0.05) is 18.1 Å². The molecule has 2 aromatic rings. The Morgan fingerprint density at radius 1 is 1.21 bits per heavy atom. The molecular formula is C15H15F3N4O2. The number of nitrogens with zero attached hydrogens (tertiary/aromatic N) is 2. The number of pyridine rings is 1. The van der Waals surface area contributed by atoms with Gasteiger partial charge in [-0.15, -0.1) is 13.2 Å². The van der Waals surface area contributed by atoms with Gasteiger partial charge in [-0.1, -0.05) is 0 Å². The van der Waals surface area contributed by atoms with Crippen LogP contribution in [-0.4, -0.2) is 29.0 Å². The topological polar surface area (TPSA) is 92.8 Å². The van der Waals surface area contributed by atoms with Gasteiger partial charge in [-0.25, -0.2) is 0 Å². The van der Waals surface area contributed by atoms with Crippen molar-refractivity contribution in [3.8, 4) is 5.75 Å². The minimum Gasteiger partial charge on any atom is -0.406 e. The number of guanidine groups is 1. The lowest BCUT2D eigenvalue weighted by molar-refractivity contribution is -0.274. The van der Waals surface area contributed by atoms with Crippen LogP contribution in [0.2, 0.25) is 0 Å². The molecule has 9 heteroatoms. The van der Waals surface area contributed by atoms with Crippen LogP contribution in [0.1, 0.15) is 11.7 Å². The summed E-state index contributed by atoms with van der Waals surface area (Å²) < 4.78 is 40.0. The van der Waals surface area contributed by atoms with Gasteiger partial charge >= 0.3 is 6.36 Å². The summed E-state index contributed by atoms with van der Waals surface area (Å²) in [7, 11) is 0. The largest absolute Gasteiger partial charge is 0.573 e. The second-order valence-electron chi connectivity index (χ2n) is 4.72. The van der Waals surface area contributed by atoms with Crippen molar-refractivity contribution in [1.82, 2.24) is 4.98 Å². The van der Waals surface area contributed by atoms with E-state index in [1.807, 2.05) is 0 Å². The minimum absolute atomic E-state index is 0.0209. The molecular weight excluding hydrogens is 325 g/mol. The van der Waals surface area contributed by atoms with Crippen LogP contribution in [0.5, 0.6) is 5.75 Å². The van der Waals surface area contributed by atoms with Crippen LogP contribution in [0, 0.1) is 0 Å². The lowest BCUT2D eigenvalue weighted by Crippen LogP contribution is -2.23. The van der Waals surface area contributed by atoms with Crippen LogP contribution in [-0.2, 0) is 0 Å². The zero-order valence-corrected chi connectivity index (χ0v) is 12.4. The molecule has 2 rings (SSSR count). The van der Waals surface area contributed by atoms with E-state index >= 15 is 0 Å². The summed E-state index contributed by atoms with van der Waals surface area (Å²) in [6.07, 6.45) is -2.47. The van der Waals surface area contributed by atoms with E-state index in [1.165, 1.54) is 12.1 Å². The molecule has 0 aliphatic carbocycles. The van der Waals surface area contributed by atoms with Crippen molar-refractivity contribution in [1.29, 1.82) is 0 Å². The van der Waals surface area contributed by atoms with Gasteiger partial charge in [-0.05, 0) is 42.0 Å². The van der Waals surface area contributed by atoms with E-state index in [0.29, 0.717) is 11.3 Å². The first-order valence-corrected chi connectivity index (χ1v) is 6.84. The van der Waals surface area contributed by atoms with Gasteiger partial charge in [0.2, 0.25) is 0 Å². The molecule has 0 amide bonds. The van der Waals surface area contributed by atoms with Crippen molar-refractivity contribution < 1.29 is 23.0 Å². The highest BCUT2D eigenvalue weighted by atomic mass is 19.4. The number of aliphatic hydroxyl groups excluding tert-OH is 1. The number of halogens is 3. The van der Waals surface area contributed by atoms with Crippen molar-refractivity contribution in [2.45, 2.75) is 12.5 Å². The highest BCUT2D eigenvalue weighted by Gasteiger charge is 2.30. The number of hydrogen-bond acceptors (Lipinski definition) is 4. The lowest BCUT2D eigenvalue weighted by atomic mass is 10.1. The van der Waals surface area contributed by atoms with Gasteiger partial charge < -0.3 is 20.9 Å². The van der Waals surface area contributed by atoms with Gasteiger partial charge in [0.1, 0.15) is 5.75 Å². The van der Waals surface area contributed by atoms with E-state index in [0.717, 1.165) is 12.1 Å². The maximum Gasteiger partial charge on any atom is 0.573 e. The fraction of sp³-hybridized carbons (Fsp3) is 0.200. The Morgan fingerprint density at radius 2 is 1.83 bits per heavy atom. The zero-order chi connectivity index (χ0) is 17.6. The van der Waals surface area contributed by atoms with E-state index < -0.39 is 12.5 Å². The van der Waals surface area contributed by atoms with Crippen molar-refractivity contribution in [3.63, 3.8) is 0 Å². The van der Waals surface area contributed by atoms with E-state index in [1.54, 1.807) is 24.5 Å². The molecule has 1 aromatic carbocycles. The van der Waals surface area contributed by atoms with Crippen LogP contribution in [0.3, 0.4) is 0 Å². The highest BCUT2D eigenvalue weighted by molar-refractivity contribution is 5.92. The molecule has 0 spiro atoms. The fourth-order valence-corrected chi connectivity index (χ4v) is 1.80. The first-order chi connectivity index (χ1) is 11.3. The van der Waals surface area contributed by atoms with Gasteiger partial charge in [-0.2, -0.15) is 0 Å². The van der Waals surface area contributed by atoms with E-state index in [2.05, 4.69) is 20.0 Å². The number of aliphatic hydroxyl groups is 1. The Balaban J connectivity index is 1.90. The van der Waals surface area contributed by atoms with Crippen LogP contribution in [0.25, 0.3) is 0 Å². The summed E-state index contributed by atoms with van der Waals surface area (Å²) in [6.45, 7) is 0.0259. The second-order valence-corrected chi connectivity index (χ2v) is 4.72. The monoisotopic (exact) mass is 340 g/mol. The molecule has 0 bridgehead atoms. The maximum atomic E-state index is 12.1. The maximum absolute atomic E-state index is 12.1. The molecule has 24 heavy (non-hydrogen) atoms. The molecule has 0 aliphatic heterocycles. The van der Waals surface area contributed by atoms with Crippen LogP contribution in [0.15, 0.2) is 53.8 Å². The van der Waals surface area contributed by atoms with Crippen molar-refractivity contribution in [2.75, 3.05) is 11.9 Å². The fourth-order valence-electron chi connectivity index (χ4n) is 1.80. The number of nitrogens with two attached hydrogens (primary N) is 1. The number of alkyl halides is 3. The normalized spacial score (nSPS) is 13.4. The molecule has 0 radical (unpaired) electrons. The Morgan fingerprint density at radius 3 is 2.42 bits per heavy atom. The Bertz CT molecular complexity index is 675. The number of rotatable bonds is 5. The number of aromatic nitrogens is 1. The number of benzene rings is 1. The third-order valence-electron chi connectivity index (χ3n) is 2.89. The summed E-state index contributed by atoms with van der Waals surface area (Å²) in [6, 6.07) is 8.34. The van der Waals surface area contributed by atoms with Crippen molar-refractivity contribution in [3.05, 3.63) is 54.4 Å². The number of nitrogens with one attached hydrogen (secondary N) is 1. The predicted molar refractivity (Wildman–Crippen MR) is 82.4 cm³/mol. The number of ether oxygens (including phenoxy) is 1. The van der Waals surface area contributed by atoms with Gasteiger partial charge in [0.25, 0.3) is 0 Å². The molecule has 1 unspecified atom stereocenters. The quantitative estimate of drug-likeness (QED) is 0.574. The van der Waals surface area contributed by atoms with Crippen LogP contribution >= 0.6 is 0 Å². The first-order valence-electron chi connectivity index (χ1n) is 6.84. The standard InChI is InChI=1S/C15H15F3N4O2/c16-15(17,18)24-12-3-1-11(2-4-12)22-14(19)21-9-13(23)10-5-7-20-8-6-10/h1-8,13,23H,9H2,(H3,19,21,22). The predicted octanol–water partition coefficient (Wildman–Crippen LogP) is 2.44. The summed E-state index contributed by atoms with van der Waals surface area (Å²) in [5.74, 6) is -0.315. The van der Waals surface area contributed by atoms with Crippen LogP contribution < -0.4 is 15.8 Å². The summed E-state index contributed by atoms with van der Waals surface area (Å²) in [5.41, 5.74) is 6.76.